The Morgan fingerprint density at radius 3 is 2.10 bits per heavy atom. The molecule has 3 N–H and O–H groups in total. The Bertz CT molecular complexity index is 333. The fourth-order valence-corrected chi connectivity index (χ4v) is 2.31. The molecule has 0 atom stereocenters. The van der Waals surface area contributed by atoms with E-state index in [2.05, 4.69) is 40.2 Å². The molecule has 0 spiro atoms. The Morgan fingerprint density at radius 1 is 0.850 bits per heavy atom. The Balaban J connectivity index is 1.74. The van der Waals surface area contributed by atoms with Crippen LogP contribution in [-0.2, 0) is 11.3 Å². The van der Waals surface area contributed by atoms with Crippen LogP contribution in [0.1, 0.15) is 18.4 Å². The van der Waals surface area contributed by atoms with Crippen LogP contribution in [-0.4, -0.2) is 45.4 Å². The zero-order chi connectivity index (χ0) is 13.9. The lowest BCUT2D eigenvalue weighted by Gasteiger charge is -2.20. The Labute approximate surface area is 122 Å². The van der Waals surface area contributed by atoms with Crippen LogP contribution in [0.2, 0.25) is 0 Å². The average Bonchev–Trinajstić information content (AvgIpc) is 2.48. The molecule has 2 rings (SSSR count). The van der Waals surface area contributed by atoms with E-state index in [0.29, 0.717) is 6.61 Å². The van der Waals surface area contributed by atoms with Gasteiger partial charge in [0.05, 0.1) is 12.7 Å². The molecule has 1 aliphatic rings. The van der Waals surface area contributed by atoms with Crippen molar-refractivity contribution in [2.45, 2.75) is 25.6 Å². The van der Waals surface area contributed by atoms with Crippen molar-refractivity contribution in [3.63, 3.8) is 0 Å². The van der Waals surface area contributed by atoms with Crippen molar-refractivity contribution in [2.24, 2.45) is 0 Å². The lowest BCUT2D eigenvalue weighted by Crippen LogP contribution is -2.39. The van der Waals surface area contributed by atoms with E-state index >= 15 is 0 Å². The summed E-state index contributed by atoms with van der Waals surface area (Å²) >= 11 is 0. The maximum Gasteiger partial charge on any atom is 0.0828 e. The third-order valence-corrected chi connectivity index (χ3v) is 3.49. The van der Waals surface area contributed by atoms with Crippen LogP contribution in [0.25, 0.3) is 0 Å². The maximum absolute atomic E-state index is 6.03. The van der Waals surface area contributed by atoms with Gasteiger partial charge in [0.1, 0.15) is 0 Å². The van der Waals surface area contributed by atoms with Gasteiger partial charge in [-0.05, 0) is 44.6 Å². The first-order valence-electron chi connectivity index (χ1n) is 7.73. The fraction of sp³-hybridized carbons (Fsp3) is 0.625. The van der Waals surface area contributed by atoms with Crippen LogP contribution < -0.4 is 16.0 Å². The largest absolute Gasteiger partial charge is 0.371 e. The zero-order valence-electron chi connectivity index (χ0n) is 12.2. The Kier molecular flexibility index (Phi) is 7.64. The third kappa shape index (κ3) is 6.48. The second-order valence-corrected chi connectivity index (χ2v) is 5.28. The van der Waals surface area contributed by atoms with Gasteiger partial charge in [0.15, 0.2) is 0 Å². The molecule has 0 aromatic heterocycles. The first-order valence-corrected chi connectivity index (χ1v) is 7.73. The molecule has 1 fully saturated rings. The van der Waals surface area contributed by atoms with Gasteiger partial charge in [-0.1, -0.05) is 30.3 Å². The van der Waals surface area contributed by atoms with Gasteiger partial charge in [0.25, 0.3) is 0 Å². The van der Waals surface area contributed by atoms with Crippen molar-refractivity contribution in [3.05, 3.63) is 35.9 Å². The number of benzene rings is 1. The van der Waals surface area contributed by atoms with Crippen LogP contribution in [0.3, 0.4) is 0 Å². The standard InChI is InChI=1S/C16H27N3O/c1-2-6-15(7-3-1)14-20-16-12-18-10-4-8-17-9-5-11-19-13-16/h1-3,6-7,16-19H,4-5,8-14H2. The van der Waals surface area contributed by atoms with Gasteiger partial charge in [-0.25, -0.2) is 0 Å². The van der Waals surface area contributed by atoms with Gasteiger partial charge in [-0.3, -0.25) is 0 Å². The summed E-state index contributed by atoms with van der Waals surface area (Å²) in [5, 5.41) is 10.4. The summed E-state index contributed by atoms with van der Waals surface area (Å²) in [5.74, 6) is 0. The summed E-state index contributed by atoms with van der Waals surface area (Å²) in [6.07, 6.45) is 2.60. The number of ether oxygens (including phenoxy) is 1. The molecule has 0 unspecified atom stereocenters. The van der Waals surface area contributed by atoms with E-state index in [-0.39, 0.29) is 6.10 Å². The van der Waals surface area contributed by atoms with E-state index in [1.165, 1.54) is 18.4 Å². The average molecular weight is 277 g/mol. The van der Waals surface area contributed by atoms with Crippen molar-refractivity contribution in [1.29, 1.82) is 0 Å². The van der Waals surface area contributed by atoms with Gasteiger partial charge >= 0.3 is 0 Å². The van der Waals surface area contributed by atoms with E-state index in [1.807, 2.05) is 6.07 Å². The van der Waals surface area contributed by atoms with Gasteiger partial charge < -0.3 is 20.7 Å². The molecule has 1 aromatic rings. The van der Waals surface area contributed by atoms with Crippen molar-refractivity contribution in [2.75, 3.05) is 39.3 Å². The predicted molar refractivity (Wildman–Crippen MR) is 82.9 cm³/mol. The number of rotatable bonds is 3. The van der Waals surface area contributed by atoms with Crippen molar-refractivity contribution >= 4 is 0 Å². The Hall–Kier alpha value is -0.940. The quantitative estimate of drug-likeness (QED) is 0.775. The van der Waals surface area contributed by atoms with Crippen LogP contribution in [0, 0.1) is 0 Å². The molecule has 4 heteroatoms. The minimum Gasteiger partial charge on any atom is -0.371 e. The highest BCUT2D eigenvalue weighted by atomic mass is 16.5. The molecule has 1 aromatic carbocycles. The maximum atomic E-state index is 6.03. The Morgan fingerprint density at radius 2 is 1.45 bits per heavy atom. The number of nitrogens with one attached hydrogen (secondary N) is 3. The lowest BCUT2D eigenvalue weighted by molar-refractivity contribution is 0.0409. The molecule has 4 nitrogen and oxygen atoms in total. The van der Waals surface area contributed by atoms with E-state index in [0.717, 1.165) is 39.3 Å². The molecule has 1 saturated heterocycles. The molecule has 0 amide bonds. The summed E-state index contributed by atoms with van der Waals surface area (Å²) in [6, 6.07) is 10.4. The third-order valence-electron chi connectivity index (χ3n) is 3.49. The molecule has 112 valence electrons. The minimum absolute atomic E-state index is 0.239. The molecule has 0 bridgehead atoms. The van der Waals surface area contributed by atoms with Crippen LogP contribution in [0.5, 0.6) is 0 Å². The molecule has 0 aliphatic carbocycles. The van der Waals surface area contributed by atoms with Crippen molar-refractivity contribution < 1.29 is 4.74 Å². The summed E-state index contributed by atoms with van der Waals surface area (Å²) in [5.41, 5.74) is 1.24. The first-order chi connectivity index (χ1) is 9.95. The van der Waals surface area contributed by atoms with Crippen LogP contribution in [0.4, 0.5) is 0 Å². The van der Waals surface area contributed by atoms with Crippen LogP contribution in [0.15, 0.2) is 30.3 Å². The van der Waals surface area contributed by atoms with Crippen LogP contribution >= 0.6 is 0 Å². The summed E-state index contributed by atoms with van der Waals surface area (Å²) in [4.78, 5) is 0. The number of hydrogen-bond acceptors (Lipinski definition) is 4. The zero-order valence-corrected chi connectivity index (χ0v) is 12.2. The smallest absolute Gasteiger partial charge is 0.0828 e. The normalized spacial score (nSPS) is 20.0. The monoisotopic (exact) mass is 277 g/mol. The highest BCUT2D eigenvalue weighted by molar-refractivity contribution is 5.13. The van der Waals surface area contributed by atoms with E-state index in [4.69, 9.17) is 4.74 Å². The molecule has 1 aliphatic heterocycles. The summed E-state index contributed by atoms with van der Waals surface area (Å²) in [7, 11) is 0. The highest BCUT2D eigenvalue weighted by Gasteiger charge is 2.09. The van der Waals surface area contributed by atoms with Crippen molar-refractivity contribution in [1.82, 2.24) is 16.0 Å². The second-order valence-electron chi connectivity index (χ2n) is 5.28. The second kappa shape index (κ2) is 9.88. The molecule has 20 heavy (non-hydrogen) atoms. The molecule has 0 saturated carbocycles. The van der Waals surface area contributed by atoms with E-state index < -0.39 is 0 Å². The molecule has 0 radical (unpaired) electrons. The van der Waals surface area contributed by atoms with Gasteiger partial charge in [0, 0.05) is 13.1 Å². The lowest BCUT2D eigenvalue weighted by atomic mass is 10.2. The predicted octanol–water partition coefficient (Wildman–Crippen LogP) is 1.13. The molecular weight excluding hydrogens is 250 g/mol. The number of hydrogen-bond donors (Lipinski definition) is 3. The molecular formula is C16H27N3O. The van der Waals surface area contributed by atoms with Crippen molar-refractivity contribution in [3.8, 4) is 0 Å². The molecule has 1 heterocycles. The van der Waals surface area contributed by atoms with Gasteiger partial charge in [-0.2, -0.15) is 0 Å². The van der Waals surface area contributed by atoms with Gasteiger partial charge in [-0.15, -0.1) is 0 Å². The summed E-state index contributed by atoms with van der Waals surface area (Å²) < 4.78 is 6.03. The van der Waals surface area contributed by atoms with E-state index in [1.54, 1.807) is 0 Å². The van der Waals surface area contributed by atoms with E-state index in [9.17, 15) is 0 Å². The summed E-state index contributed by atoms with van der Waals surface area (Å²) in [6.45, 7) is 6.83. The first kappa shape index (κ1) is 15.4. The fourth-order valence-electron chi connectivity index (χ4n) is 2.31. The van der Waals surface area contributed by atoms with Gasteiger partial charge in [0.2, 0.25) is 0 Å². The highest BCUT2D eigenvalue weighted by Crippen LogP contribution is 2.03. The SMILES string of the molecule is c1ccc(COC2CNCCCNCCCNC2)cc1. The topological polar surface area (TPSA) is 45.3 Å². The minimum atomic E-state index is 0.239.